The highest BCUT2D eigenvalue weighted by molar-refractivity contribution is 8.00. The molecule has 1 N–H and O–H groups in total. The molecule has 0 bridgehead atoms. The summed E-state index contributed by atoms with van der Waals surface area (Å²) in [4.78, 5) is -0.788. The highest BCUT2D eigenvalue weighted by Crippen LogP contribution is 2.40. The van der Waals surface area contributed by atoms with Crippen LogP contribution in [-0.4, -0.2) is 0 Å². The second kappa shape index (κ2) is 8.81. The Morgan fingerprint density at radius 3 is 1.96 bits per heavy atom. The summed E-state index contributed by atoms with van der Waals surface area (Å²) in [5.41, 5.74) is -3.31. The fourth-order valence-corrected chi connectivity index (χ4v) is 2.72. The predicted molar refractivity (Wildman–Crippen MR) is 88.4 cm³/mol. The molecule has 0 atom stereocenters. The summed E-state index contributed by atoms with van der Waals surface area (Å²) in [6.07, 6.45) is -9.73. The number of hydrogen-bond acceptors (Lipinski definition) is 2. The molecule has 2 rings (SSSR count). The average molecular weight is 417 g/mol. The monoisotopic (exact) mass is 417 g/mol. The molecule has 0 saturated carbocycles. The Morgan fingerprint density at radius 1 is 0.852 bits per heavy atom. The van der Waals surface area contributed by atoms with Gasteiger partial charge in [0.2, 0.25) is 0 Å². The van der Waals surface area contributed by atoms with Gasteiger partial charge in [-0.05, 0) is 49.2 Å². The van der Waals surface area contributed by atoms with Crippen LogP contribution in [-0.2, 0) is 12.4 Å². The number of anilines is 1. The topological polar surface area (TPSA) is 12.0 Å². The number of hydrogen-bond donors (Lipinski definition) is 1. The van der Waals surface area contributed by atoms with Gasteiger partial charge in [0, 0.05) is 10.5 Å². The lowest BCUT2D eigenvalue weighted by molar-refractivity contribution is -0.143. The van der Waals surface area contributed by atoms with Gasteiger partial charge in [-0.25, -0.2) is 8.78 Å². The van der Waals surface area contributed by atoms with Crippen LogP contribution in [0.2, 0.25) is 0 Å². The highest BCUT2D eigenvalue weighted by atomic mass is 32.2. The van der Waals surface area contributed by atoms with E-state index in [9.17, 15) is 35.1 Å². The molecule has 0 fully saturated rings. The maximum absolute atomic E-state index is 13.9. The summed E-state index contributed by atoms with van der Waals surface area (Å²) in [7, 11) is 0. The summed E-state index contributed by atoms with van der Waals surface area (Å²) in [6, 6.07) is 2.76. The fourth-order valence-electron chi connectivity index (χ4n) is 1.87. The van der Waals surface area contributed by atoms with Crippen LogP contribution in [0.4, 0.5) is 40.8 Å². The van der Waals surface area contributed by atoms with Gasteiger partial charge in [0.1, 0.15) is 5.82 Å². The molecule has 0 aliphatic heterocycles. The molecule has 0 heterocycles. The third-order valence-electron chi connectivity index (χ3n) is 3.21. The molecular formula is C17H15F8NS. The minimum absolute atomic E-state index is 0.154. The van der Waals surface area contributed by atoms with Gasteiger partial charge in [-0.15, -0.1) is 0 Å². The van der Waals surface area contributed by atoms with Crippen molar-refractivity contribution in [3.05, 3.63) is 58.7 Å². The number of halogens is 8. The predicted octanol–water partition coefficient (Wildman–Crippen LogP) is 7.46. The first-order valence-corrected chi connectivity index (χ1v) is 8.39. The maximum atomic E-state index is 13.9. The third-order valence-corrected chi connectivity index (χ3v) is 4.09. The summed E-state index contributed by atoms with van der Waals surface area (Å²) >= 11 is 0.154. The molecule has 0 aromatic heterocycles. The van der Waals surface area contributed by atoms with Crippen molar-refractivity contribution >= 4 is 17.6 Å². The number of alkyl halides is 6. The van der Waals surface area contributed by atoms with Gasteiger partial charge >= 0.3 is 12.4 Å². The molecule has 150 valence electrons. The van der Waals surface area contributed by atoms with E-state index in [1.165, 1.54) is 0 Å². The van der Waals surface area contributed by atoms with Crippen LogP contribution >= 0.6 is 11.9 Å². The van der Waals surface area contributed by atoms with E-state index in [0.29, 0.717) is 18.2 Å². The van der Waals surface area contributed by atoms with Crippen molar-refractivity contribution in [3.8, 4) is 0 Å². The summed E-state index contributed by atoms with van der Waals surface area (Å²) < 4.78 is 106. The van der Waals surface area contributed by atoms with E-state index in [-0.39, 0.29) is 23.2 Å². The van der Waals surface area contributed by atoms with E-state index in [4.69, 9.17) is 0 Å². The van der Waals surface area contributed by atoms with Gasteiger partial charge in [0.15, 0.2) is 5.82 Å². The van der Waals surface area contributed by atoms with Crippen molar-refractivity contribution in [3.63, 3.8) is 0 Å². The molecule has 0 radical (unpaired) electrons. The van der Waals surface area contributed by atoms with Crippen molar-refractivity contribution in [1.29, 1.82) is 0 Å². The quantitative estimate of drug-likeness (QED) is 0.411. The van der Waals surface area contributed by atoms with Crippen LogP contribution < -0.4 is 4.72 Å². The zero-order chi connectivity index (χ0) is 21.0. The second-order valence-electron chi connectivity index (χ2n) is 4.94. The Hall–Kier alpha value is -1.97. The van der Waals surface area contributed by atoms with Crippen molar-refractivity contribution in [1.82, 2.24) is 0 Å². The zero-order valence-corrected chi connectivity index (χ0v) is 15.1. The minimum atomic E-state index is -4.90. The number of rotatable bonds is 3. The van der Waals surface area contributed by atoms with E-state index in [0.717, 1.165) is 19.1 Å². The molecule has 27 heavy (non-hydrogen) atoms. The fraction of sp³-hybridized carbons (Fsp3) is 0.294. The van der Waals surface area contributed by atoms with E-state index in [1.807, 2.05) is 13.8 Å². The lowest BCUT2D eigenvalue weighted by atomic mass is 10.1. The average Bonchev–Trinajstić information content (AvgIpc) is 2.59. The van der Waals surface area contributed by atoms with Gasteiger partial charge in [-0.1, -0.05) is 13.8 Å². The van der Waals surface area contributed by atoms with E-state index in [1.54, 1.807) is 0 Å². The van der Waals surface area contributed by atoms with Gasteiger partial charge in [-0.2, -0.15) is 26.3 Å². The van der Waals surface area contributed by atoms with E-state index < -0.39 is 40.0 Å². The van der Waals surface area contributed by atoms with E-state index in [2.05, 4.69) is 4.72 Å². The molecule has 0 aliphatic carbocycles. The number of benzene rings is 2. The molecule has 0 spiro atoms. The Morgan fingerprint density at radius 2 is 1.44 bits per heavy atom. The Bertz CT molecular complexity index is 784. The normalized spacial score (nSPS) is 11.7. The van der Waals surface area contributed by atoms with Crippen LogP contribution in [0.1, 0.15) is 30.5 Å². The van der Waals surface area contributed by atoms with E-state index >= 15 is 0 Å². The van der Waals surface area contributed by atoms with Crippen LogP contribution in [0.15, 0.2) is 35.2 Å². The SMILES string of the molecule is CC.Cc1c(F)ccc(NSc2cc(C(F)(F)F)ccc2C(F)(F)F)c1F. The zero-order valence-electron chi connectivity index (χ0n) is 14.3. The first kappa shape index (κ1) is 23.1. The minimum Gasteiger partial charge on any atom is -0.323 e. The van der Waals surface area contributed by atoms with Crippen LogP contribution in [0.3, 0.4) is 0 Å². The highest BCUT2D eigenvalue weighted by Gasteiger charge is 2.37. The lowest BCUT2D eigenvalue weighted by Gasteiger charge is -2.16. The second-order valence-corrected chi connectivity index (χ2v) is 5.79. The van der Waals surface area contributed by atoms with Crippen molar-refractivity contribution in [2.24, 2.45) is 0 Å². The summed E-state index contributed by atoms with van der Waals surface area (Å²) in [6.45, 7) is 5.12. The maximum Gasteiger partial charge on any atom is 0.417 e. The lowest BCUT2D eigenvalue weighted by Crippen LogP contribution is -2.11. The molecule has 2 aromatic carbocycles. The van der Waals surface area contributed by atoms with Gasteiger partial charge in [-0.3, -0.25) is 0 Å². The molecular weight excluding hydrogens is 402 g/mol. The van der Waals surface area contributed by atoms with Crippen LogP contribution in [0.25, 0.3) is 0 Å². The van der Waals surface area contributed by atoms with Crippen molar-refractivity contribution in [2.45, 2.75) is 38.0 Å². The van der Waals surface area contributed by atoms with Crippen molar-refractivity contribution in [2.75, 3.05) is 4.72 Å². The van der Waals surface area contributed by atoms with Crippen molar-refractivity contribution < 1.29 is 35.1 Å². The first-order chi connectivity index (χ1) is 12.4. The van der Waals surface area contributed by atoms with Crippen LogP contribution in [0.5, 0.6) is 0 Å². The molecule has 0 saturated heterocycles. The summed E-state index contributed by atoms with van der Waals surface area (Å²) in [5.74, 6) is -1.91. The Labute approximate surface area is 154 Å². The molecule has 0 unspecified atom stereocenters. The Balaban J connectivity index is 0.00000176. The number of nitrogens with one attached hydrogen (secondary N) is 1. The molecule has 2 aromatic rings. The molecule has 1 nitrogen and oxygen atoms in total. The molecule has 0 aliphatic rings. The van der Waals surface area contributed by atoms with Crippen LogP contribution in [0, 0.1) is 18.6 Å². The Kier molecular flexibility index (Phi) is 7.53. The smallest absolute Gasteiger partial charge is 0.323 e. The van der Waals surface area contributed by atoms with Gasteiger partial charge in [0.05, 0.1) is 16.8 Å². The third kappa shape index (κ3) is 5.75. The largest absolute Gasteiger partial charge is 0.417 e. The summed E-state index contributed by atoms with van der Waals surface area (Å²) in [5, 5.41) is 0. The molecule has 0 amide bonds. The van der Waals surface area contributed by atoms with Gasteiger partial charge in [0.25, 0.3) is 0 Å². The molecule has 10 heteroatoms. The van der Waals surface area contributed by atoms with Gasteiger partial charge < -0.3 is 4.72 Å². The first-order valence-electron chi connectivity index (χ1n) is 7.57. The standard InChI is InChI=1S/C15H9F8NS.C2H6/c1-7-10(16)4-5-11(13(7)17)24-25-12-6-8(14(18,19)20)2-3-9(12)15(21,22)23;1-2/h2-6,24H,1H3;1-2H3.